The second-order valence-corrected chi connectivity index (χ2v) is 5.77. The van der Waals surface area contributed by atoms with Gasteiger partial charge >= 0.3 is 0 Å². The summed E-state index contributed by atoms with van der Waals surface area (Å²) in [6.45, 7) is 1.63. The zero-order valence-electron chi connectivity index (χ0n) is 11.3. The van der Waals surface area contributed by atoms with Crippen LogP contribution in [0.1, 0.15) is 64.2 Å². The molecule has 4 N–H and O–H groups in total. The summed E-state index contributed by atoms with van der Waals surface area (Å²) in [6.07, 6.45) is 13.3. The molecular formula is C14H31BrN2. The highest BCUT2D eigenvalue weighted by Crippen LogP contribution is 2.17. The van der Waals surface area contributed by atoms with E-state index in [9.17, 15) is 0 Å². The van der Waals surface area contributed by atoms with E-state index < -0.39 is 0 Å². The van der Waals surface area contributed by atoms with Crippen molar-refractivity contribution in [2.24, 2.45) is 17.4 Å². The molecular weight excluding hydrogens is 276 g/mol. The lowest BCUT2D eigenvalue weighted by Gasteiger charge is -2.14. The van der Waals surface area contributed by atoms with Crippen molar-refractivity contribution in [1.29, 1.82) is 0 Å². The van der Waals surface area contributed by atoms with Gasteiger partial charge in [-0.05, 0) is 38.3 Å². The molecule has 0 aliphatic carbocycles. The van der Waals surface area contributed by atoms with Crippen LogP contribution in [0.5, 0.6) is 0 Å². The molecule has 0 spiro atoms. The minimum atomic E-state index is 0.776. The van der Waals surface area contributed by atoms with Gasteiger partial charge in [-0.1, -0.05) is 60.9 Å². The van der Waals surface area contributed by atoms with Crippen LogP contribution in [-0.2, 0) is 0 Å². The Labute approximate surface area is 116 Å². The maximum Gasteiger partial charge on any atom is 0.00313 e. The number of hydrogen-bond acceptors (Lipinski definition) is 2. The van der Waals surface area contributed by atoms with Crippen molar-refractivity contribution in [2.75, 3.05) is 18.4 Å². The Morgan fingerprint density at radius 1 is 0.647 bits per heavy atom. The maximum atomic E-state index is 5.61. The van der Waals surface area contributed by atoms with Crippen LogP contribution in [0, 0.1) is 5.92 Å². The average Bonchev–Trinajstić information content (AvgIpc) is 2.33. The van der Waals surface area contributed by atoms with Crippen LogP contribution in [0.15, 0.2) is 0 Å². The molecule has 17 heavy (non-hydrogen) atoms. The summed E-state index contributed by atoms with van der Waals surface area (Å²) in [5.74, 6) is 0.776. The molecule has 2 nitrogen and oxygen atoms in total. The average molecular weight is 307 g/mol. The van der Waals surface area contributed by atoms with Crippen LogP contribution >= 0.6 is 15.9 Å². The van der Waals surface area contributed by atoms with E-state index in [0.717, 1.165) is 37.2 Å². The summed E-state index contributed by atoms with van der Waals surface area (Å²) < 4.78 is 0. The maximum absolute atomic E-state index is 5.61. The standard InChI is InChI=1S/C14H31BrN2/c15-11-7-5-3-1-2-4-6-8-14(9-12-16)10-13-17/h14H,1-13,16-17H2. The van der Waals surface area contributed by atoms with E-state index in [-0.39, 0.29) is 0 Å². The molecule has 0 aromatic heterocycles. The monoisotopic (exact) mass is 306 g/mol. The molecule has 0 radical (unpaired) electrons. The summed E-state index contributed by atoms with van der Waals surface area (Å²) >= 11 is 3.47. The molecule has 0 aliphatic rings. The number of unbranched alkanes of at least 4 members (excludes halogenated alkanes) is 6. The molecule has 0 heterocycles. The quantitative estimate of drug-likeness (QED) is 0.401. The van der Waals surface area contributed by atoms with Crippen molar-refractivity contribution in [3.8, 4) is 0 Å². The third kappa shape index (κ3) is 12.6. The van der Waals surface area contributed by atoms with Crippen LogP contribution < -0.4 is 11.5 Å². The van der Waals surface area contributed by atoms with Crippen LogP contribution in [0.4, 0.5) is 0 Å². The van der Waals surface area contributed by atoms with Crippen LogP contribution in [0.25, 0.3) is 0 Å². The highest BCUT2D eigenvalue weighted by molar-refractivity contribution is 9.09. The fourth-order valence-corrected chi connectivity index (χ4v) is 2.71. The molecule has 3 heteroatoms. The minimum Gasteiger partial charge on any atom is -0.330 e. The van der Waals surface area contributed by atoms with E-state index in [2.05, 4.69) is 15.9 Å². The molecule has 0 saturated heterocycles. The molecule has 0 aromatic carbocycles. The van der Waals surface area contributed by atoms with Crippen molar-refractivity contribution in [3.05, 3.63) is 0 Å². The van der Waals surface area contributed by atoms with Crippen molar-refractivity contribution >= 4 is 15.9 Å². The lowest BCUT2D eigenvalue weighted by atomic mass is 9.94. The fourth-order valence-electron chi connectivity index (χ4n) is 2.32. The molecule has 0 unspecified atom stereocenters. The summed E-state index contributed by atoms with van der Waals surface area (Å²) in [7, 11) is 0. The number of hydrogen-bond donors (Lipinski definition) is 2. The molecule has 0 aliphatic heterocycles. The fraction of sp³-hybridized carbons (Fsp3) is 1.00. The van der Waals surface area contributed by atoms with Crippen LogP contribution in [-0.4, -0.2) is 18.4 Å². The van der Waals surface area contributed by atoms with E-state index in [0.29, 0.717) is 0 Å². The first-order valence-electron chi connectivity index (χ1n) is 7.31. The number of nitrogens with two attached hydrogens (primary N) is 2. The van der Waals surface area contributed by atoms with E-state index >= 15 is 0 Å². The Balaban J connectivity index is 3.23. The van der Waals surface area contributed by atoms with Gasteiger partial charge in [-0.2, -0.15) is 0 Å². The summed E-state index contributed by atoms with van der Waals surface area (Å²) in [5, 5.41) is 1.16. The van der Waals surface area contributed by atoms with Gasteiger partial charge < -0.3 is 11.5 Å². The predicted molar refractivity (Wildman–Crippen MR) is 81.6 cm³/mol. The molecule has 104 valence electrons. The van der Waals surface area contributed by atoms with Gasteiger partial charge in [0.25, 0.3) is 0 Å². The zero-order chi connectivity index (χ0) is 12.8. The molecule has 0 amide bonds. The van der Waals surface area contributed by atoms with Gasteiger partial charge in [-0.3, -0.25) is 0 Å². The van der Waals surface area contributed by atoms with Gasteiger partial charge in [0.2, 0.25) is 0 Å². The molecule has 0 atom stereocenters. The van der Waals surface area contributed by atoms with E-state index in [1.165, 1.54) is 51.4 Å². The van der Waals surface area contributed by atoms with Gasteiger partial charge in [0.05, 0.1) is 0 Å². The normalized spacial score (nSPS) is 11.3. The van der Waals surface area contributed by atoms with E-state index in [4.69, 9.17) is 11.5 Å². The van der Waals surface area contributed by atoms with E-state index in [1.807, 2.05) is 0 Å². The molecule has 0 fully saturated rings. The van der Waals surface area contributed by atoms with Gasteiger partial charge in [0, 0.05) is 5.33 Å². The lowest BCUT2D eigenvalue weighted by molar-refractivity contribution is 0.407. The molecule has 0 rings (SSSR count). The van der Waals surface area contributed by atoms with Gasteiger partial charge in [0.15, 0.2) is 0 Å². The van der Waals surface area contributed by atoms with Crippen molar-refractivity contribution in [2.45, 2.75) is 64.2 Å². The SMILES string of the molecule is NCCC(CCN)CCCCCCCCCBr. The Morgan fingerprint density at radius 3 is 1.59 bits per heavy atom. The summed E-state index contributed by atoms with van der Waals surface area (Å²) in [4.78, 5) is 0. The highest BCUT2D eigenvalue weighted by atomic mass is 79.9. The van der Waals surface area contributed by atoms with Gasteiger partial charge in [-0.25, -0.2) is 0 Å². The van der Waals surface area contributed by atoms with Crippen molar-refractivity contribution in [3.63, 3.8) is 0 Å². The number of halogens is 1. The van der Waals surface area contributed by atoms with Crippen molar-refractivity contribution in [1.82, 2.24) is 0 Å². The van der Waals surface area contributed by atoms with Crippen LogP contribution in [0.2, 0.25) is 0 Å². The number of alkyl halides is 1. The molecule has 0 bridgehead atoms. The molecule has 0 saturated carbocycles. The highest BCUT2D eigenvalue weighted by Gasteiger charge is 2.06. The first-order valence-corrected chi connectivity index (χ1v) is 8.43. The third-order valence-electron chi connectivity index (χ3n) is 3.40. The van der Waals surface area contributed by atoms with Gasteiger partial charge in [-0.15, -0.1) is 0 Å². The summed E-state index contributed by atoms with van der Waals surface area (Å²) in [6, 6.07) is 0. The zero-order valence-corrected chi connectivity index (χ0v) is 12.9. The molecule has 0 aromatic rings. The van der Waals surface area contributed by atoms with Crippen molar-refractivity contribution < 1.29 is 0 Å². The Kier molecular flexibility index (Phi) is 14.8. The summed E-state index contributed by atoms with van der Waals surface area (Å²) in [5.41, 5.74) is 11.2. The second-order valence-electron chi connectivity index (χ2n) is 4.97. The first-order chi connectivity index (χ1) is 8.35. The third-order valence-corrected chi connectivity index (χ3v) is 3.96. The lowest BCUT2D eigenvalue weighted by Crippen LogP contribution is -2.13. The second kappa shape index (κ2) is 14.5. The Hall–Kier alpha value is 0.400. The number of rotatable bonds is 13. The predicted octanol–water partition coefficient (Wildman–Crippen LogP) is 3.82. The van der Waals surface area contributed by atoms with E-state index in [1.54, 1.807) is 0 Å². The van der Waals surface area contributed by atoms with Crippen LogP contribution in [0.3, 0.4) is 0 Å². The minimum absolute atomic E-state index is 0.776. The topological polar surface area (TPSA) is 52.0 Å². The van der Waals surface area contributed by atoms with Gasteiger partial charge in [0.1, 0.15) is 0 Å². The smallest absolute Gasteiger partial charge is 0.00313 e. The Bertz CT molecular complexity index is 136. The largest absolute Gasteiger partial charge is 0.330 e. The first kappa shape index (κ1) is 17.4. The Morgan fingerprint density at radius 2 is 1.12 bits per heavy atom.